The predicted molar refractivity (Wildman–Crippen MR) is 82.0 cm³/mol. The third-order valence-corrected chi connectivity index (χ3v) is 3.97. The van der Waals surface area contributed by atoms with E-state index in [9.17, 15) is 13.2 Å². The highest BCUT2D eigenvalue weighted by Gasteiger charge is 2.31. The van der Waals surface area contributed by atoms with Crippen molar-refractivity contribution in [3.63, 3.8) is 0 Å². The molecule has 8 heteroatoms. The summed E-state index contributed by atoms with van der Waals surface area (Å²) in [6.45, 7) is 7.61. The van der Waals surface area contributed by atoms with Crippen LogP contribution in [0.2, 0.25) is 0 Å². The van der Waals surface area contributed by atoms with E-state index in [1.807, 2.05) is 20.8 Å². The van der Waals surface area contributed by atoms with Crippen molar-refractivity contribution in [2.75, 3.05) is 13.1 Å². The lowest BCUT2D eigenvalue weighted by atomic mass is 10.3. The van der Waals surface area contributed by atoms with Gasteiger partial charge in [-0.15, -0.1) is 13.2 Å². The van der Waals surface area contributed by atoms with Gasteiger partial charge in [0.2, 0.25) is 5.13 Å². The number of ether oxygens (including phenoxy) is 1. The highest BCUT2D eigenvalue weighted by atomic mass is 32.1. The lowest BCUT2D eigenvalue weighted by Crippen LogP contribution is -2.27. The summed E-state index contributed by atoms with van der Waals surface area (Å²) in [7, 11) is 0. The Balaban J connectivity index is 2.29. The Morgan fingerprint density at radius 3 is 2.59 bits per heavy atom. The summed E-state index contributed by atoms with van der Waals surface area (Å²) in [6, 6.07) is 4.07. The summed E-state index contributed by atoms with van der Waals surface area (Å²) in [4.78, 5) is 10.8. The molecule has 0 bridgehead atoms. The minimum Gasteiger partial charge on any atom is -0.406 e. The van der Waals surface area contributed by atoms with E-state index >= 15 is 0 Å². The first-order valence-corrected chi connectivity index (χ1v) is 7.60. The molecule has 0 saturated carbocycles. The van der Waals surface area contributed by atoms with Crippen LogP contribution < -0.4 is 4.74 Å². The van der Waals surface area contributed by atoms with Crippen LogP contribution in [-0.4, -0.2) is 35.2 Å². The molecule has 4 nitrogen and oxygen atoms in total. The molecule has 0 atom stereocenters. The molecular weight excluding hydrogens is 315 g/mol. The fraction of sp³-hybridized carbons (Fsp3) is 0.429. The van der Waals surface area contributed by atoms with Gasteiger partial charge < -0.3 is 9.64 Å². The summed E-state index contributed by atoms with van der Waals surface area (Å²) in [5.74, 6) is 0.579. The van der Waals surface area contributed by atoms with Gasteiger partial charge in [-0.3, -0.25) is 0 Å². The van der Waals surface area contributed by atoms with Crippen LogP contribution in [0.5, 0.6) is 5.75 Å². The molecular formula is C14H16F3N3OS. The van der Waals surface area contributed by atoms with Crippen LogP contribution in [0, 0.1) is 0 Å². The van der Waals surface area contributed by atoms with E-state index in [0.29, 0.717) is 15.3 Å². The first-order chi connectivity index (χ1) is 10.3. The molecule has 0 radical (unpaired) electrons. The van der Waals surface area contributed by atoms with E-state index in [4.69, 9.17) is 0 Å². The predicted octanol–water partition coefficient (Wildman–Crippen LogP) is 4.59. The van der Waals surface area contributed by atoms with Crippen LogP contribution in [0.1, 0.15) is 20.8 Å². The third-order valence-electron chi connectivity index (χ3n) is 3.06. The average Bonchev–Trinajstić information content (AvgIpc) is 2.79. The fourth-order valence-corrected chi connectivity index (χ4v) is 2.94. The molecule has 120 valence electrons. The van der Waals surface area contributed by atoms with Gasteiger partial charge in [-0.05, 0) is 32.9 Å². The van der Waals surface area contributed by atoms with Crippen molar-refractivity contribution in [1.82, 2.24) is 9.88 Å². The first-order valence-electron chi connectivity index (χ1n) is 6.79. The average molecular weight is 331 g/mol. The maximum absolute atomic E-state index is 12.2. The van der Waals surface area contributed by atoms with Gasteiger partial charge in [0.15, 0.2) is 0 Å². The van der Waals surface area contributed by atoms with Crippen molar-refractivity contribution in [2.45, 2.75) is 27.1 Å². The number of halogens is 3. The Morgan fingerprint density at radius 2 is 2.00 bits per heavy atom. The number of thiazole rings is 1. The summed E-state index contributed by atoms with van der Waals surface area (Å²) in [6.07, 6.45) is -4.70. The standard InChI is InChI=1S/C14H16F3N3OS/c1-4-20(5-2)9(3)18-13-19-11-7-6-10(8-12(11)22-13)21-14(15,16)17/h6-8H,4-5H2,1-3H3. The van der Waals surface area contributed by atoms with Crippen LogP contribution >= 0.6 is 11.3 Å². The number of fused-ring (bicyclic) bond motifs is 1. The van der Waals surface area contributed by atoms with E-state index in [2.05, 4.69) is 19.6 Å². The van der Waals surface area contributed by atoms with Crippen molar-refractivity contribution in [1.29, 1.82) is 0 Å². The number of benzene rings is 1. The molecule has 0 amide bonds. The lowest BCUT2D eigenvalue weighted by molar-refractivity contribution is -0.274. The Morgan fingerprint density at radius 1 is 1.32 bits per heavy atom. The van der Waals surface area contributed by atoms with Gasteiger partial charge in [-0.25, -0.2) is 9.98 Å². The monoisotopic (exact) mass is 331 g/mol. The Hall–Kier alpha value is -1.83. The fourth-order valence-electron chi connectivity index (χ4n) is 2.03. The molecule has 1 aromatic carbocycles. The SMILES string of the molecule is CCN(CC)C(C)=Nc1nc2ccc(OC(F)(F)F)cc2s1. The molecule has 1 heterocycles. The van der Waals surface area contributed by atoms with Crippen LogP contribution in [0.15, 0.2) is 23.2 Å². The Bertz CT molecular complexity index is 678. The highest BCUT2D eigenvalue weighted by Crippen LogP contribution is 2.32. The topological polar surface area (TPSA) is 37.7 Å². The second-order valence-corrected chi connectivity index (χ2v) is 5.51. The zero-order chi connectivity index (χ0) is 16.3. The molecule has 22 heavy (non-hydrogen) atoms. The van der Waals surface area contributed by atoms with Crippen LogP contribution in [0.25, 0.3) is 10.2 Å². The van der Waals surface area contributed by atoms with Gasteiger partial charge in [0.25, 0.3) is 0 Å². The maximum Gasteiger partial charge on any atom is 0.573 e. The summed E-state index contributed by atoms with van der Waals surface area (Å²) in [5, 5.41) is 0.517. The van der Waals surface area contributed by atoms with Crippen LogP contribution in [0.4, 0.5) is 18.3 Å². The number of hydrogen-bond donors (Lipinski definition) is 0. The van der Waals surface area contributed by atoms with Crippen LogP contribution in [0.3, 0.4) is 0 Å². The minimum absolute atomic E-state index is 0.250. The number of amidine groups is 1. The molecule has 0 N–H and O–H groups in total. The molecule has 0 fully saturated rings. The number of hydrogen-bond acceptors (Lipinski definition) is 4. The van der Waals surface area contributed by atoms with Crippen molar-refractivity contribution >= 4 is 32.5 Å². The quantitative estimate of drug-likeness (QED) is 0.607. The number of alkyl halides is 3. The lowest BCUT2D eigenvalue weighted by Gasteiger charge is -2.19. The van der Waals surface area contributed by atoms with Gasteiger partial charge in [-0.1, -0.05) is 11.3 Å². The van der Waals surface area contributed by atoms with Gasteiger partial charge >= 0.3 is 6.36 Å². The second kappa shape index (κ2) is 6.51. The number of rotatable bonds is 4. The van der Waals surface area contributed by atoms with E-state index in [0.717, 1.165) is 18.9 Å². The van der Waals surface area contributed by atoms with Gasteiger partial charge in [0.1, 0.15) is 11.6 Å². The number of nitrogens with zero attached hydrogens (tertiary/aromatic N) is 3. The Labute approximate surface area is 130 Å². The van der Waals surface area contributed by atoms with E-state index in [1.165, 1.54) is 29.5 Å². The second-order valence-electron chi connectivity index (χ2n) is 4.51. The molecule has 0 unspecified atom stereocenters. The smallest absolute Gasteiger partial charge is 0.406 e. The van der Waals surface area contributed by atoms with E-state index in [1.54, 1.807) is 0 Å². The molecule has 1 aromatic heterocycles. The summed E-state index contributed by atoms with van der Waals surface area (Å²) < 4.78 is 41.2. The zero-order valence-electron chi connectivity index (χ0n) is 12.4. The van der Waals surface area contributed by atoms with Crippen molar-refractivity contribution in [3.05, 3.63) is 18.2 Å². The van der Waals surface area contributed by atoms with Gasteiger partial charge in [0, 0.05) is 19.2 Å². The maximum atomic E-state index is 12.2. The molecule has 0 aliphatic rings. The van der Waals surface area contributed by atoms with Crippen molar-refractivity contribution in [2.24, 2.45) is 4.99 Å². The zero-order valence-corrected chi connectivity index (χ0v) is 13.3. The molecule has 2 rings (SSSR count). The number of aliphatic imine (C=N–C) groups is 1. The van der Waals surface area contributed by atoms with Gasteiger partial charge in [0.05, 0.1) is 10.2 Å². The molecule has 0 aliphatic carbocycles. The molecule has 2 aromatic rings. The van der Waals surface area contributed by atoms with Crippen molar-refractivity contribution < 1.29 is 17.9 Å². The largest absolute Gasteiger partial charge is 0.573 e. The van der Waals surface area contributed by atoms with Crippen LogP contribution in [-0.2, 0) is 0 Å². The summed E-state index contributed by atoms with van der Waals surface area (Å²) in [5.41, 5.74) is 0.602. The van der Waals surface area contributed by atoms with Crippen molar-refractivity contribution in [3.8, 4) is 5.75 Å². The third kappa shape index (κ3) is 4.09. The minimum atomic E-state index is -4.70. The van der Waals surface area contributed by atoms with E-state index < -0.39 is 6.36 Å². The molecule has 0 aliphatic heterocycles. The van der Waals surface area contributed by atoms with E-state index in [-0.39, 0.29) is 5.75 Å². The molecule has 0 spiro atoms. The van der Waals surface area contributed by atoms with Gasteiger partial charge in [-0.2, -0.15) is 0 Å². The molecule has 0 saturated heterocycles. The first kappa shape index (κ1) is 16.5. The summed E-state index contributed by atoms with van der Waals surface area (Å²) >= 11 is 1.23. The highest BCUT2D eigenvalue weighted by molar-refractivity contribution is 7.22. The normalized spacial score (nSPS) is 12.7. The number of aromatic nitrogens is 1. The Kier molecular flexibility index (Phi) is 4.90.